The quantitative estimate of drug-likeness (QED) is 0.0427. The lowest BCUT2D eigenvalue weighted by Crippen LogP contribution is -2.50. The molecule has 0 saturated carbocycles. The first-order chi connectivity index (χ1) is 33.0. The van der Waals surface area contributed by atoms with E-state index in [2.05, 4.69) is 19.2 Å². The Hall–Kier alpha value is -2.81. The van der Waals surface area contributed by atoms with Gasteiger partial charge in [0, 0.05) is 65.4 Å². The number of hydrogen-bond acceptors (Lipinski definition) is 9. The van der Waals surface area contributed by atoms with Gasteiger partial charge in [-0.1, -0.05) is 206 Å². The van der Waals surface area contributed by atoms with E-state index in [1.807, 2.05) is 9.80 Å². The third kappa shape index (κ3) is 40.0. The van der Waals surface area contributed by atoms with Crippen LogP contribution in [0.5, 0.6) is 0 Å². The molecule has 0 spiro atoms. The summed E-state index contributed by atoms with van der Waals surface area (Å²) < 4.78 is 0. The Morgan fingerprint density at radius 3 is 0.809 bits per heavy atom. The molecule has 0 radical (unpaired) electrons. The summed E-state index contributed by atoms with van der Waals surface area (Å²) in [6.07, 6.45) is 41.5. The van der Waals surface area contributed by atoms with E-state index in [0.29, 0.717) is 65.4 Å². The highest BCUT2D eigenvalue weighted by Crippen LogP contribution is 2.16. The lowest BCUT2D eigenvalue weighted by molar-refractivity contribution is -0.140. The van der Waals surface area contributed by atoms with Gasteiger partial charge in [-0.25, -0.2) is 0 Å². The second-order valence-corrected chi connectivity index (χ2v) is 20.0. The van der Waals surface area contributed by atoms with Crippen LogP contribution in [-0.4, -0.2) is 168 Å². The summed E-state index contributed by atoms with van der Waals surface area (Å²) in [6, 6.07) is 0. The Morgan fingerprint density at radius 2 is 0.574 bits per heavy atom. The minimum absolute atomic E-state index is 0.0154. The second-order valence-electron chi connectivity index (χ2n) is 20.0. The average Bonchev–Trinajstić information content (AvgIpc) is 3.30. The number of aliphatic carboxylic acids is 3. The molecule has 0 unspecified atom stereocenters. The van der Waals surface area contributed by atoms with Crippen molar-refractivity contribution < 1.29 is 39.3 Å². The first-order valence-corrected chi connectivity index (χ1v) is 28.1. The molecule has 4 N–H and O–H groups in total. The van der Waals surface area contributed by atoms with Crippen molar-refractivity contribution >= 4 is 29.7 Å². The summed E-state index contributed by atoms with van der Waals surface area (Å²) in [4.78, 5) is 71.0. The van der Waals surface area contributed by atoms with Gasteiger partial charge < -0.3 is 25.5 Å². The zero-order valence-electron chi connectivity index (χ0n) is 43.9. The summed E-state index contributed by atoms with van der Waals surface area (Å²) in [5, 5.41) is 31.5. The SMILES string of the molecule is CCCCCCCCCCCCCCCCCCN(CCCCCCCCCCCCCCCCCC)C(=O)CNC(=O)CN1CCN(CC(=O)O)CCN(CC(=O)O)CCN(CC(=O)O)CC1. The molecule has 1 fully saturated rings. The first-order valence-electron chi connectivity index (χ1n) is 28.1. The fraction of sp³-hybridized carbons (Fsp3) is 0.907. The van der Waals surface area contributed by atoms with E-state index >= 15 is 0 Å². The van der Waals surface area contributed by atoms with E-state index in [0.717, 1.165) is 25.7 Å². The number of rotatable bonds is 44. The fourth-order valence-electron chi connectivity index (χ4n) is 9.39. The third-order valence-corrected chi connectivity index (χ3v) is 13.7. The second kappa shape index (κ2) is 45.3. The van der Waals surface area contributed by atoms with Gasteiger partial charge >= 0.3 is 17.9 Å². The normalized spacial score (nSPS) is 14.9. The summed E-state index contributed by atoms with van der Waals surface area (Å²) in [7, 11) is 0. The maximum absolute atomic E-state index is 13.7. The van der Waals surface area contributed by atoms with Crippen LogP contribution in [0.3, 0.4) is 0 Å². The number of unbranched alkanes of at least 4 members (excludes halogenated alkanes) is 30. The molecule has 0 aromatic carbocycles. The molecule has 0 bridgehead atoms. The Balaban J connectivity index is 2.65. The predicted molar refractivity (Wildman–Crippen MR) is 277 cm³/mol. The number of amides is 2. The van der Waals surface area contributed by atoms with Gasteiger partial charge in [-0.2, -0.15) is 0 Å². The van der Waals surface area contributed by atoms with Crippen LogP contribution in [0, 0.1) is 0 Å². The zero-order chi connectivity index (χ0) is 49.7. The molecule has 1 saturated heterocycles. The van der Waals surface area contributed by atoms with Crippen molar-refractivity contribution in [1.29, 1.82) is 0 Å². The van der Waals surface area contributed by atoms with E-state index in [1.165, 1.54) is 180 Å². The minimum atomic E-state index is -1.01. The molecule has 0 atom stereocenters. The van der Waals surface area contributed by atoms with Crippen molar-refractivity contribution in [1.82, 2.24) is 29.8 Å². The molecular formula is C54H104N6O8. The maximum Gasteiger partial charge on any atom is 0.317 e. The van der Waals surface area contributed by atoms with E-state index in [9.17, 15) is 39.3 Å². The average molecular weight is 965 g/mol. The van der Waals surface area contributed by atoms with Crippen LogP contribution in [-0.2, 0) is 24.0 Å². The molecule has 14 nitrogen and oxygen atoms in total. The number of nitrogens with one attached hydrogen (secondary N) is 1. The molecular weight excluding hydrogens is 861 g/mol. The Kier molecular flexibility index (Phi) is 42.1. The highest BCUT2D eigenvalue weighted by atomic mass is 16.4. The summed E-state index contributed by atoms with van der Waals surface area (Å²) in [5.74, 6) is -3.38. The van der Waals surface area contributed by atoms with Crippen molar-refractivity contribution in [2.45, 2.75) is 219 Å². The largest absolute Gasteiger partial charge is 0.480 e. The van der Waals surface area contributed by atoms with Crippen molar-refractivity contribution in [3.05, 3.63) is 0 Å². The molecule has 0 aromatic heterocycles. The minimum Gasteiger partial charge on any atom is -0.480 e. The molecule has 1 aliphatic rings. The molecule has 1 rings (SSSR count). The van der Waals surface area contributed by atoms with Gasteiger partial charge in [0.15, 0.2) is 0 Å². The lowest BCUT2D eigenvalue weighted by Gasteiger charge is -2.32. The Bertz CT molecular complexity index is 1190. The van der Waals surface area contributed by atoms with Gasteiger partial charge in [0.1, 0.15) is 0 Å². The van der Waals surface area contributed by atoms with Gasteiger partial charge in [0.05, 0.1) is 32.7 Å². The van der Waals surface area contributed by atoms with Gasteiger partial charge in [-0.05, 0) is 12.8 Å². The van der Waals surface area contributed by atoms with Crippen molar-refractivity contribution in [3.63, 3.8) is 0 Å². The van der Waals surface area contributed by atoms with Crippen LogP contribution in [0.15, 0.2) is 0 Å². The Morgan fingerprint density at radius 1 is 0.353 bits per heavy atom. The van der Waals surface area contributed by atoms with Gasteiger partial charge in [0.25, 0.3) is 0 Å². The van der Waals surface area contributed by atoms with Gasteiger partial charge in [-0.3, -0.25) is 43.6 Å². The number of carboxylic acid groups (broad SMARTS) is 3. The van der Waals surface area contributed by atoms with Gasteiger partial charge in [0.2, 0.25) is 11.8 Å². The van der Waals surface area contributed by atoms with E-state index in [-0.39, 0.29) is 44.5 Å². The van der Waals surface area contributed by atoms with Crippen LogP contribution in [0.1, 0.15) is 219 Å². The van der Waals surface area contributed by atoms with Crippen LogP contribution >= 0.6 is 0 Å². The number of carboxylic acids is 3. The van der Waals surface area contributed by atoms with E-state index in [4.69, 9.17) is 0 Å². The van der Waals surface area contributed by atoms with E-state index in [1.54, 1.807) is 14.7 Å². The first kappa shape index (κ1) is 63.2. The molecule has 398 valence electrons. The van der Waals surface area contributed by atoms with Crippen LogP contribution in [0.4, 0.5) is 0 Å². The molecule has 2 amide bonds. The Labute approximate surface area is 415 Å². The predicted octanol–water partition coefficient (Wildman–Crippen LogP) is 9.93. The molecule has 1 heterocycles. The monoisotopic (exact) mass is 965 g/mol. The zero-order valence-corrected chi connectivity index (χ0v) is 43.9. The highest BCUT2D eigenvalue weighted by Gasteiger charge is 2.22. The number of carbonyl (C=O) groups excluding carboxylic acids is 2. The van der Waals surface area contributed by atoms with Crippen LogP contribution in [0.2, 0.25) is 0 Å². The lowest BCUT2D eigenvalue weighted by atomic mass is 10.0. The number of carbonyl (C=O) groups is 5. The van der Waals surface area contributed by atoms with Crippen LogP contribution in [0.25, 0.3) is 0 Å². The van der Waals surface area contributed by atoms with Crippen LogP contribution < -0.4 is 5.32 Å². The summed E-state index contributed by atoms with van der Waals surface area (Å²) >= 11 is 0. The molecule has 0 aliphatic carbocycles. The molecule has 0 aromatic rings. The highest BCUT2D eigenvalue weighted by molar-refractivity contribution is 5.85. The number of hydrogen-bond donors (Lipinski definition) is 4. The van der Waals surface area contributed by atoms with Crippen molar-refractivity contribution in [3.8, 4) is 0 Å². The topological polar surface area (TPSA) is 174 Å². The molecule has 14 heteroatoms. The molecule has 68 heavy (non-hydrogen) atoms. The smallest absolute Gasteiger partial charge is 0.317 e. The van der Waals surface area contributed by atoms with Crippen molar-refractivity contribution in [2.75, 3.05) is 98.2 Å². The fourth-order valence-corrected chi connectivity index (χ4v) is 9.39. The summed E-state index contributed by atoms with van der Waals surface area (Å²) in [6.45, 7) is 7.71. The molecule has 1 aliphatic heterocycles. The van der Waals surface area contributed by atoms with E-state index < -0.39 is 17.9 Å². The van der Waals surface area contributed by atoms with Gasteiger partial charge in [-0.15, -0.1) is 0 Å². The maximum atomic E-state index is 13.7. The standard InChI is InChI=1S/C54H104N6O8/c1-3-5-7-9-11-13-15-17-19-21-23-25-27-29-31-33-35-60(36-34-32-30-28-26-24-22-20-18-16-14-12-10-8-6-4-2)51(62)45-55-50(61)46-56-37-39-57(47-52(63)64)41-43-59(49-54(67)68)44-42-58(40-38-56)48-53(65)66/h3-49H2,1-2H3,(H,55,61)(H,63,64)(H,65,66)(H,67,68). The number of nitrogens with zero attached hydrogens (tertiary/aromatic N) is 5. The van der Waals surface area contributed by atoms with Crippen molar-refractivity contribution in [2.24, 2.45) is 0 Å². The third-order valence-electron chi connectivity index (χ3n) is 13.7. The summed E-state index contributed by atoms with van der Waals surface area (Å²) in [5.41, 5.74) is 0.